The highest BCUT2D eigenvalue weighted by Crippen LogP contribution is 2.27. The van der Waals surface area contributed by atoms with Crippen LogP contribution in [0.5, 0.6) is 0 Å². The second-order valence-electron chi connectivity index (χ2n) is 5.88. The number of hydrogen-bond acceptors (Lipinski definition) is 4. The lowest BCUT2D eigenvalue weighted by Gasteiger charge is -2.11. The van der Waals surface area contributed by atoms with Crippen LogP contribution in [0.4, 0.5) is 13.2 Å². The smallest absolute Gasteiger partial charge is 0.392 e. The van der Waals surface area contributed by atoms with Crippen LogP contribution in [0.1, 0.15) is 17.7 Å². The molecular formula is C16H18ClF3N4O2. The molecule has 6 nitrogen and oxygen atoms in total. The summed E-state index contributed by atoms with van der Waals surface area (Å²) in [4.78, 5) is 11.9. The molecule has 1 fully saturated rings. The standard InChI is InChI=1S/C16H17F3N4O2.ClH/c17-16(18,19)14-5-6-23(22-14)11-3-1-10(2-4-11)8-21-15(25)13-7-12(24)9-20-13;/h1-6,12-13,20,24H,7-9H2,(H,21,25);1H. The molecule has 0 radical (unpaired) electrons. The Hall–Kier alpha value is -2.10. The Morgan fingerprint density at radius 1 is 1.31 bits per heavy atom. The average Bonchev–Trinajstić information content (AvgIpc) is 3.22. The number of alkyl halides is 3. The highest BCUT2D eigenvalue weighted by Gasteiger charge is 2.33. The topological polar surface area (TPSA) is 79.2 Å². The lowest BCUT2D eigenvalue weighted by Crippen LogP contribution is -2.39. The van der Waals surface area contributed by atoms with E-state index in [1.54, 1.807) is 24.3 Å². The predicted molar refractivity (Wildman–Crippen MR) is 90.1 cm³/mol. The summed E-state index contributed by atoms with van der Waals surface area (Å²) in [6.45, 7) is 0.691. The number of rotatable bonds is 4. The second-order valence-corrected chi connectivity index (χ2v) is 5.88. The summed E-state index contributed by atoms with van der Waals surface area (Å²) < 4.78 is 38.9. The molecule has 26 heavy (non-hydrogen) atoms. The van der Waals surface area contributed by atoms with Crippen molar-refractivity contribution in [3.63, 3.8) is 0 Å². The van der Waals surface area contributed by atoms with Crippen LogP contribution in [-0.2, 0) is 17.5 Å². The Labute approximate surface area is 153 Å². The summed E-state index contributed by atoms with van der Waals surface area (Å²) in [5, 5.41) is 18.6. The molecule has 1 aliphatic rings. The van der Waals surface area contributed by atoms with E-state index >= 15 is 0 Å². The molecule has 142 valence electrons. The normalized spacial score (nSPS) is 19.8. The van der Waals surface area contributed by atoms with Crippen LogP contribution in [0.2, 0.25) is 0 Å². The van der Waals surface area contributed by atoms with Crippen LogP contribution >= 0.6 is 12.4 Å². The summed E-state index contributed by atoms with van der Waals surface area (Å²) in [5.74, 6) is -0.192. The third kappa shape index (κ3) is 4.75. The van der Waals surface area contributed by atoms with Gasteiger partial charge in [-0.3, -0.25) is 4.79 Å². The van der Waals surface area contributed by atoms with E-state index in [2.05, 4.69) is 15.7 Å². The zero-order valence-corrected chi connectivity index (χ0v) is 14.3. The molecule has 1 saturated heterocycles. The summed E-state index contributed by atoms with van der Waals surface area (Å²) in [7, 11) is 0. The van der Waals surface area contributed by atoms with E-state index in [0.717, 1.165) is 16.3 Å². The van der Waals surface area contributed by atoms with Gasteiger partial charge < -0.3 is 15.7 Å². The van der Waals surface area contributed by atoms with Crippen LogP contribution in [0.15, 0.2) is 36.5 Å². The molecule has 0 saturated carbocycles. The van der Waals surface area contributed by atoms with Gasteiger partial charge in [0.05, 0.1) is 17.8 Å². The Morgan fingerprint density at radius 3 is 2.54 bits per heavy atom. The van der Waals surface area contributed by atoms with Crippen molar-refractivity contribution in [1.29, 1.82) is 0 Å². The number of aromatic nitrogens is 2. The van der Waals surface area contributed by atoms with Crippen molar-refractivity contribution < 1.29 is 23.1 Å². The molecule has 10 heteroatoms. The van der Waals surface area contributed by atoms with Gasteiger partial charge in [-0.05, 0) is 30.2 Å². The number of amides is 1. The molecule has 1 aliphatic heterocycles. The number of β-amino-alcohol motifs (C(OH)–C–C–N with tert-alkyl or cyclic N) is 1. The zero-order valence-electron chi connectivity index (χ0n) is 13.5. The van der Waals surface area contributed by atoms with Gasteiger partial charge in [-0.25, -0.2) is 4.68 Å². The molecule has 2 heterocycles. The van der Waals surface area contributed by atoms with Gasteiger partial charge in [0, 0.05) is 19.3 Å². The number of aliphatic hydroxyl groups excluding tert-OH is 1. The first-order chi connectivity index (χ1) is 11.8. The van der Waals surface area contributed by atoms with Crippen LogP contribution in [0, 0.1) is 0 Å². The largest absolute Gasteiger partial charge is 0.435 e. The maximum atomic E-state index is 12.6. The molecule has 1 aromatic heterocycles. The molecule has 1 aromatic carbocycles. The Balaban J connectivity index is 0.00000243. The summed E-state index contributed by atoms with van der Waals surface area (Å²) >= 11 is 0. The van der Waals surface area contributed by atoms with Crippen molar-refractivity contribution in [3.8, 4) is 5.69 Å². The fraction of sp³-hybridized carbons (Fsp3) is 0.375. The first-order valence-electron chi connectivity index (χ1n) is 7.74. The van der Waals surface area contributed by atoms with Crippen molar-refractivity contribution in [2.75, 3.05) is 6.54 Å². The predicted octanol–water partition coefficient (Wildman–Crippen LogP) is 1.65. The minimum atomic E-state index is -4.47. The number of nitrogens with one attached hydrogen (secondary N) is 2. The van der Waals surface area contributed by atoms with Crippen molar-refractivity contribution in [2.24, 2.45) is 0 Å². The lowest BCUT2D eigenvalue weighted by atomic mass is 10.1. The average molecular weight is 391 g/mol. The lowest BCUT2D eigenvalue weighted by molar-refractivity contribution is -0.141. The van der Waals surface area contributed by atoms with Gasteiger partial charge >= 0.3 is 6.18 Å². The van der Waals surface area contributed by atoms with Gasteiger partial charge in [0.15, 0.2) is 5.69 Å². The fourth-order valence-corrected chi connectivity index (χ4v) is 2.61. The maximum Gasteiger partial charge on any atom is 0.435 e. The Morgan fingerprint density at radius 2 is 2.00 bits per heavy atom. The highest BCUT2D eigenvalue weighted by molar-refractivity contribution is 5.85. The summed E-state index contributed by atoms with van der Waals surface area (Å²) in [5.41, 5.74) is 0.347. The zero-order chi connectivity index (χ0) is 18.0. The van der Waals surface area contributed by atoms with E-state index in [0.29, 0.717) is 25.2 Å². The minimum absolute atomic E-state index is 0. The van der Waals surface area contributed by atoms with Crippen molar-refractivity contribution >= 4 is 18.3 Å². The van der Waals surface area contributed by atoms with E-state index in [4.69, 9.17) is 0 Å². The fourth-order valence-electron chi connectivity index (χ4n) is 2.61. The molecule has 3 N–H and O–H groups in total. The molecule has 1 amide bonds. The number of aliphatic hydroxyl groups is 1. The first kappa shape index (κ1) is 20.2. The van der Waals surface area contributed by atoms with Crippen LogP contribution < -0.4 is 10.6 Å². The van der Waals surface area contributed by atoms with Gasteiger partial charge in [0.1, 0.15) is 0 Å². The van der Waals surface area contributed by atoms with Gasteiger partial charge in [-0.1, -0.05) is 12.1 Å². The SMILES string of the molecule is Cl.O=C(NCc1ccc(-n2ccc(C(F)(F)F)n2)cc1)C1CC(O)CN1. The van der Waals surface area contributed by atoms with Crippen molar-refractivity contribution in [3.05, 3.63) is 47.8 Å². The van der Waals surface area contributed by atoms with Gasteiger partial charge in [0.25, 0.3) is 0 Å². The monoisotopic (exact) mass is 390 g/mol. The molecule has 0 spiro atoms. The quantitative estimate of drug-likeness (QED) is 0.741. The molecular weight excluding hydrogens is 373 g/mol. The molecule has 2 atom stereocenters. The number of nitrogens with zero attached hydrogens (tertiary/aromatic N) is 2. The van der Waals surface area contributed by atoms with Crippen molar-refractivity contribution in [2.45, 2.75) is 31.3 Å². The maximum absolute atomic E-state index is 12.6. The van der Waals surface area contributed by atoms with Crippen LogP contribution in [0.25, 0.3) is 5.69 Å². The molecule has 2 unspecified atom stereocenters. The van der Waals surface area contributed by atoms with E-state index in [-0.39, 0.29) is 18.3 Å². The molecule has 0 aliphatic carbocycles. The number of hydrogen-bond donors (Lipinski definition) is 3. The first-order valence-corrected chi connectivity index (χ1v) is 7.74. The Bertz CT molecular complexity index is 749. The van der Waals surface area contributed by atoms with E-state index in [1.807, 2.05) is 0 Å². The molecule has 2 aromatic rings. The summed E-state index contributed by atoms with van der Waals surface area (Å²) in [6.07, 6.45) is -3.36. The van der Waals surface area contributed by atoms with Gasteiger partial charge in [0.2, 0.25) is 5.91 Å². The van der Waals surface area contributed by atoms with Crippen LogP contribution in [-0.4, -0.2) is 39.5 Å². The third-order valence-electron chi connectivity index (χ3n) is 3.97. The Kier molecular flexibility index (Phi) is 6.27. The number of carbonyl (C=O) groups is 1. The molecule has 3 rings (SSSR count). The van der Waals surface area contributed by atoms with E-state index in [1.165, 1.54) is 6.20 Å². The van der Waals surface area contributed by atoms with E-state index < -0.39 is 24.0 Å². The van der Waals surface area contributed by atoms with Crippen molar-refractivity contribution in [1.82, 2.24) is 20.4 Å². The number of halogens is 4. The van der Waals surface area contributed by atoms with Gasteiger partial charge in [-0.2, -0.15) is 18.3 Å². The summed E-state index contributed by atoms with van der Waals surface area (Å²) in [6, 6.07) is 7.19. The van der Waals surface area contributed by atoms with E-state index in [9.17, 15) is 23.1 Å². The number of benzene rings is 1. The minimum Gasteiger partial charge on any atom is -0.392 e. The third-order valence-corrected chi connectivity index (χ3v) is 3.97. The highest BCUT2D eigenvalue weighted by atomic mass is 35.5. The number of carbonyl (C=O) groups excluding carboxylic acids is 1. The van der Waals surface area contributed by atoms with Crippen LogP contribution in [0.3, 0.4) is 0 Å². The molecule has 0 bridgehead atoms. The van der Waals surface area contributed by atoms with Gasteiger partial charge in [-0.15, -0.1) is 12.4 Å². The second kappa shape index (κ2) is 8.07.